The molecular weight excluding hydrogens is 353 g/mol. The molecular formula is C20H16FNO3S. The highest BCUT2D eigenvalue weighted by atomic mass is 32.1. The SMILES string of the molecule is O=C(Nc1ccc2c(c1)OC1(CCCC1)O2)c1cc2c(F)cccc2s1. The van der Waals surface area contributed by atoms with E-state index in [-0.39, 0.29) is 11.7 Å². The highest BCUT2D eigenvalue weighted by molar-refractivity contribution is 7.20. The molecule has 0 unspecified atom stereocenters. The van der Waals surface area contributed by atoms with Crippen molar-refractivity contribution < 1.29 is 18.7 Å². The Bertz CT molecular complexity index is 1020. The van der Waals surface area contributed by atoms with E-state index in [9.17, 15) is 9.18 Å². The Labute approximate surface area is 153 Å². The van der Waals surface area contributed by atoms with Crippen LogP contribution < -0.4 is 14.8 Å². The second-order valence-electron chi connectivity index (χ2n) is 6.70. The van der Waals surface area contributed by atoms with E-state index in [1.54, 1.807) is 24.3 Å². The topological polar surface area (TPSA) is 47.6 Å². The van der Waals surface area contributed by atoms with Crippen LogP contribution in [0.5, 0.6) is 11.5 Å². The molecule has 1 fully saturated rings. The van der Waals surface area contributed by atoms with Gasteiger partial charge in [-0.2, -0.15) is 0 Å². The molecule has 2 aromatic carbocycles. The first-order valence-corrected chi connectivity index (χ1v) is 9.45. The minimum absolute atomic E-state index is 0.264. The summed E-state index contributed by atoms with van der Waals surface area (Å²) in [5.74, 6) is 0.275. The van der Waals surface area contributed by atoms with Crippen molar-refractivity contribution in [2.75, 3.05) is 5.32 Å². The highest BCUT2D eigenvalue weighted by Gasteiger charge is 2.44. The summed E-state index contributed by atoms with van der Waals surface area (Å²) in [6.45, 7) is 0. The van der Waals surface area contributed by atoms with Gasteiger partial charge < -0.3 is 14.8 Å². The smallest absolute Gasteiger partial charge is 0.265 e. The van der Waals surface area contributed by atoms with Gasteiger partial charge in [-0.25, -0.2) is 4.39 Å². The molecule has 1 aliphatic carbocycles. The number of thiophene rings is 1. The molecule has 6 heteroatoms. The van der Waals surface area contributed by atoms with Crippen molar-refractivity contribution in [3.05, 3.63) is 53.2 Å². The third-order valence-corrected chi connectivity index (χ3v) is 5.99. The maximum Gasteiger partial charge on any atom is 0.265 e. The monoisotopic (exact) mass is 369 g/mol. The third kappa shape index (κ3) is 2.52. The maximum absolute atomic E-state index is 13.8. The molecule has 1 spiro atoms. The van der Waals surface area contributed by atoms with Crippen molar-refractivity contribution in [2.24, 2.45) is 0 Å². The molecule has 0 saturated heterocycles. The average Bonchev–Trinajstić information content (AvgIpc) is 3.33. The number of nitrogens with one attached hydrogen (secondary N) is 1. The largest absolute Gasteiger partial charge is 0.448 e. The Kier molecular flexibility index (Phi) is 3.43. The Morgan fingerprint density at radius 1 is 1.08 bits per heavy atom. The van der Waals surface area contributed by atoms with Crippen molar-refractivity contribution >= 4 is 33.0 Å². The number of anilines is 1. The van der Waals surface area contributed by atoms with Crippen molar-refractivity contribution in [3.8, 4) is 11.5 Å². The zero-order valence-electron chi connectivity index (χ0n) is 13.9. The van der Waals surface area contributed by atoms with Gasteiger partial charge in [0.2, 0.25) is 0 Å². The normalized spacial score (nSPS) is 17.1. The van der Waals surface area contributed by atoms with Gasteiger partial charge in [0.15, 0.2) is 11.5 Å². The van der Waals surface area contributed by atoms with Crippen LogP contribution in [0.25, 0.3) is 10.1 Å². The molecule has 1 amide bonds. The summed E-state index contributed by atoms with van der Waals surface area (Å²) in [5, 5.41) is 3.33. The molecule has 132 valence electrons. The van der Waals surface area contributed by atoms with Gasteiger partial charge in [-0.05, 0) is 43.2 Å². The highest BCUT2D eigenvalue weighted by Crippen LogP contribution is 2.47. The first-order valence-electron chi connectivity index (χ1n) is 8.63. The van der Waals surface area contributed by atoms with E-state index in [1.807, 2.05) is 12.1 Å². The summed E-state index contributed by atoms with van der Waals surface area (Å²) >= 11 is 1.27. The molecule has 5 rings (SSSR count). The van der Waals surface area contributed by atoms with E-state index < -0.39 is 5.79 Å². The lowest BCUT2D eigenvalue weighted by Gasteiger charge is -2.21. The van der Waals surface area contributed by atoms with Crippen LogP contribution in [0.15, 0.2) is 42.5 Å². The number of halogens is 1. The molecule has 2 aliphatic rings. The predicted octanol–water partition coefficient (Wildman–Crippen LogP) is 5.33. The van der Waals surface area contributed by atoms with Crippen LogP contribution in [0, 0.1) is 5.82 Å². The molecule has 0 bridgehead atoms. The number of carbonyl (C=O) groups excluding carboxylic acids is 1. The lowest BCUT2D eigenvalue weighted by molar-refractivity contribution is -0.0716. The Morgan fingerprint density at radius 3 is 2.69 bits per heavy atom. The van der Waals surface area contributed by atoms with Gasteiger partial charge in [-0.1, -0.05) is 6.07 Å². The molecule has 1 aromatic heterocycles. The fourth-order valence-corrected chi connectivity index (χ4v) is 4.59. The predicted molar refractivity (Wildman–Crippen MR) is 98.6 cm³/mol. The average molecular weight is 369 g/mol. The van der Waals surface area contributed by atoms with Gasteiger partial charge in [0.1, 0.15) is 5.82 Å². The molecule has 1 aliphatic heterocycles. The number of carbonyl (C=O) groups is 1. The van der Waals surface area contributed by atoms with E-state index in [2.05, 4.69) is 5.32 Å². The van der Waals surface area contributed by atoms with Crippen LogP contribution in [0.1, 0.15) is 35.4 Å². The Balaban J connectivity index is 1.38. The summed E-state index contributed by atoms with van der Waals surface area (Å²) in [5.41, 5.74) is 0.630. The standard InChI is InChI=1S/C20H16FNO3S/c21-14-4-3-5-17-13(14)11-18(26-17)19(23)22-12-6-7-15-16(10-12)25-20(24-15)8-1-2-9-20/h3-7,10-11H,1-2,8-9H2,(H,22,23). The first kappa shape index (κ1) is 15.6. The van der Waals surface area contributed by atoms with Crippen LogP contribution in [0.4, 0.5) is 10.1 Å². The van der Waals surface area contributed by atoms with Crippen LogP contribution in [-0.4, -0.2) is 11.7 Å². The summed E-state index contributed by atoms with van der Waals surface area (Å²) in [6.07, 6.45) is 3.97. The summed E-state index contributed by atoms with van der Waals surface area (Å²) in [4.78, 5) is 13.0. The van der Waals surface area contributed by atoms with Crippen molar-refractivity contribution in [3.63, 3.8) is 0 Å². The van der Waals surface area contributed by atoms with Crippen LogP contribution in [0.2, 0.25) is 0 Å². The van der Waals surface area contributed by atoms with Gasteiger partial charge >= 0.3 is 0 Å². The van der Waals surface area contributed by atoms with Crippen LogP contribution in [0.3, 0.4) is 0 Å². The minimum Gasteiger partial charge on any atom is -0.448 e. The second-order valence-corrected chi connectivity index (χ2v) is 7.78. The number of rotatable bonds is 2. The number of amides is 1. The number of hydrogen-bond acceptors (Lipinski definition) is 4. The number of fused-ring (bicyclic) bond motifs is 2. The fourth-order valence-electron chi connectivity index (χ4n) is 3.62. The van der Waals surface area contributed by atoms with Gasteiger partial charge in [0, 0.05) is 34.7 Å². The molecule has 0 atom stereocenters. The zero-order chi connectivity index (χ0) is 17.7. The van der Waals surface area contributed by atoms with E-state index in [1.165, 1.54) is 17.4 Å². The van der Waals surface area contributed by atoms with E-state index in [4.69, 9.17) is 9.47 Å². The van der Waals surface area contributed by atoms with E-state index in [0.717, 1.165) is 30.4 Å². The first-order chi connectivity index (χ1) is 12.6. The van der Waals surface area contributed by atoms with Gasteiger partial charge in [0.25, 0.3) is 11.7 Å². The zero-order valence-corrected chi connectivity index (χ0v) is 14.7. The molecule has 4 nitrogen and oxygen atoms in total. The van der Waals surface area contributed by atoms with Gasteiger partial charge in [0.05, 0.1) is 4.88 Å². The number of hydrogen-bond donors (Lipinski definition) is 1. The fraction of sp³-hybridized carbons (Fsp3) is 0.250. The quantitative estimate of drug-likeness (QED) is 0.664. The van der Waals surface area contributed by atoms with Gasteiger partial charge in [-0.15, -0.1) is 11.3 Å². The van der Waals surface area contributed by atoms with E-state index in [0.29, 0.717) is 27.4 Å². The Morgan fingerprint density at radius 2 is 1.88 bits per heavy atom. The molecule has 0 radical (unpaired) electrons. The lowest BCUT2D eigenvalue weighted by Crippen LogP contribution is -2.34. The minimum atomic E-state index is -0.520. The second kappa shape index (κ2) is 5.71. The van der Waals surface area contributed by atoms with Crippen molar-refractivity contribution in [2.45, 2.75) is 31.5 Å². The molecule has 26 heavy (non-hydrogen) atoms. The summed E-state index contributed by atoms with van der Waals surface area (Å²) in [6, 6.07) is 11.8. The Hall–Kier alpha value is -2.60. The van der Waals surface area contributed by atoms with Crippen LogP contribution in [-0.2, 0) is 0 Å². The molecule has 1 N–H and O–H groups in total. The van der Waals surface area contributed by atoms with E-state index >= 15 is 0 Å². The summed E-state index contributed by atoms with van der Waals surface area (Å²) < 4.78 is 26.6. The molecule has 1 saturated carbocycles. The van der Waals surface area contributed by atoms with Crippen molar-refractivity contribution in [1.82, 2.24) is 0 Å². The third-order valence-electron chi connectivity index (χ3n) is 4.89. The van der Waals surface area contributed by atoms with Gasteiger partial charge in [-0.3, -0.25) is 4.79 Å². The molecule has 2 heterocycles. The van der Waals surface area contributed by atoms with Crippen LogP contribution >= 0.6 is 11.3 Å². The number of benzene rings is 2. The summed E-state index contributed by atoms with van der Waals surface area (Å²) in [7, 11) is 0. The maximum atomic E-state index is 13.8. The molecule has 3 aromatic rings. The van der Waals surface area contributed by atoms with Crippen molar-refractivity contribution in [1.29, 1.82) is 0 Å². The number of ether oxygens (including phenoxy) is 2. The lowest BCUT2D eigenvalue weighted by atomic mass is 10.2.